The van der Waals surface area contributed by atoms with Crippen LogP contribution < -0.4 is 9.47 Å². The Kier molecular flexibility index (Phi) is 5.46. The minimum absolute atomic E-state index is 0.0483. The quantitative estimate of drug-likeness (QED) is 0.810. The molecule has 1 aromatic rings. The van der Waals surface area contributed by atoms with Crippen molar-refractivity contribution >= 4 is 21.6 Å². The van der Waals surface area contributed by atoms with E-state index in [1.54, 1.807) is 0 Å². The lowest BCUT2D eigenvalue weighted by atomic mass is 10.3. The molecule has 1 rings (SSSR count). The fourth-order valence-electron chi connectivity index (χ4n) is 1.64. The molecule has 0 bridgehead atoms. The number of halogens is 1. The minimum atomic E-state index is -3.62. The standard InChI is InChI=1S/C12H18ClNO4S/c1-5-6-14(2)19(15,16)12-8-10(17-3)9(13)7-11(12)18-4/h7-8H,5-6H2,1-4H3. The van der Waals surface area contributed by atoms with Gasteiger partial charge >= 0.3 is 0 Å². The van der Waals surface area contributed by atoms with Crippen molar-refractivity contribution in [3.8, 4) is 11.5 Å². The van der Waals surface area contributed by atoms with Crippen LogP contribution >= 0.6 is 11.6 Å². The smallest absolute Gasteiger partial charge is 0.246 e. The Balaban J connectivity index is 3.40. The van der Waals surface area contributed by atoms with E-state index in [0.29, 0.717) is 17.3 Å². The van der Waals surface area contributed by atoms with Crippen LogP contribution in [0.15, 0.2) is 17.0 Å². The Labute approximate surface area is 119 Å². The van der Waals surface area contributed by atoms with Crippen LogP contribution in [-0.2, 0) is 10.0 Å². The summed E-state index contributed by atoms with van der Waals surface area (Å²) >= 11 is 5.96. The van der Waals surface area contributed by atoms with Crippen molar-refractivity contribution in [2.75, 3.05) is 27.8 Å². The van der Waals surface area contributed by atoms with Crippen LogP contribution in [0, 0.1) is 0 Å². The van der Waals surface area contributed by atoms with Gasteiger partial charge in [-0.15, -0.1) is 0 Å². The summed E-state index contributed by atoms with van der Waals surface area (Å²) in [6.07, 6.45) is 0.725. The van der Waals surface area contributed by atoms with E-state index in [1.165, 1.54) is 37.7 Å². The first-order valence-corrected chi connectivity index (χ1v) is 7.58. The van der Waals surface area contributed by atoms with Gasteiger partial charge in [0.2, 0.25) is 10.0 Å². The van der Waals surface area contributed by atoms with E-state index < -0.39 is 10.0 Å². The molecule has 0 radical (unpaired) electrons. The minimum Gasteiger partial charge on any atom is -0.495 e. The molecule has 108 valence electrons. The third kappa shape index (κ3) is 3.32. The second kappa shape index (κ2) is 6.45. The van der Waals surface area contributed by atoms with Crippen molar-refractivity contribution in [3.63, 3.8) is 0 Å². The average Bonchev–Trinajstić information content (AvgIpc) is 2.38. The van der Waals surface area contributed by atoms with Crippen LogP contribution in [0.1, 0.15) is 13.3 Å². The van der Waals surface area contributed by atoms with Crippen LogP contribution in [0.4, 0.5) is 0 Å². The SMILES string of the molecule is CCCN(C)S(=O)(=O)c1cc(OC)c(Cl)cc1OC. The van der Waals surface area contributed by atoms with E-state index in [-0.39, 0.29) is 10.6 Å². The van der Waals surface area contributed by atoms with Crippen LogP contribution in [0.3, 0.4) is 0 Å². The number of rotatable bonds is 6. The highest BCUT2D eigenvalue weighted by Gasteiger charge is 2.26. The molecule has 7 heteroatoms. The van der Waals surface area contributed by atoms with Crippen molar-refractivity contribution < 1.29 is 17.9 Å². The molecule has 1 aromatic carbocycles. The summed E-state index contributed by atoms with van der Waals surface area (Å²) < 4.78 is 36.3. The zero-order chi connectivity index (χ0) is 14.6. The van der Waals surface area contributed by atoms with E-state index in [1.807, 2.05) is 6.92 Å². The molecular formula is C12H18ClNO4S. The van der Waals surface area contributed by atoms with E-state index in [4.69, 9.17) is 21.1 Å². The van der Waals surface area contributed by atoms with Crippen molar-refractivity contribution in [1.82, 2.24) is 4.31 Å². The summed E-state index contributed by atoms with van der Waals surface area (Å²) in [6.45, 7) is 2.34. The number of methoxy groups -OCH3 is 2. The number of benzene rings is 1. The first kappa shape index (κ1) is 16.1. The lowest BCUT2D eigenvalue weighted by Gasteiger charge is -2.19. The van der Waals surface area contributed by atoms with Crippen LogP contribution in [0.2, 0.25) is 5.02 Å². The summed E-state index contributed by atoms with van der Waals surface area (Å²) in [6, 6.07) is 2.82. The highest BCUT2D eigenvalue weighted by Crippen LogP contribution is 2.36. The number of hydrogen-bond acceptors (Lipinski definition) is 4. The summed E-state index contributed by atoms with van der Waals surface area (Å²) in [5.74, 6) is 0.500. The molecule has 19 heavy (non-hydrogen) atoms. The Morgan fingerprint density at radius 1 is 1.21 bits per heavy atom. The summed E-state index contributed by atoms with van der Waals surface area (Å²) in [7, 11) is 0.734. The lowest BCUT2D eigenvalue weighted by molar-refractivity contribution is 0.388. The van der Waals surface area contributed by atoms with Crippen molar-refractivity contribution in [1.29, 1.82) is 0 Å². The molecule has 0 aliphatic carbocycles. The van der Waals surface area contributed by atoms with E-state index in [2.05, 4.69) is 0 Å². The molecule has 0 spiro atoms. The monoisotopic (exact) mass is 307 g/mol. The molecule has 0 fully saturated rings. The van der Waals surface area contributed by atoms with Crippen molar-refractivity contribution in [2.45, 2.75) is 18.2 Å². The second-order valence-corrected chi connectivity index (χ2v) is 6.38. The van der Waals surface area contributed by atoms with Crippen molar-refractivity contribution in [3.05, 3.63) is 17.2 Å². The zero-order valence-corrected chi connectivity index (χ0v) is 13.0. The van der Waals surface area contributed by atoms with Crippen LogP contribution in [0.5, 0.6) is 11.5 Å². The Morgan fingerprint density at radius 2 is 1.79 bits per heavy atom. The second-order valence-electron chi connectivity index (χ2n) is 3.96. The van der Waals surface area contributed by atoms with Gasteiger partial charge in [-0.05, 0) is 6.42 Å². The maximum Gasteiger partial charge on any atom is 0.246 e. The van der Waals surface area contributed by atoms with Gasteiger partial charge in [-0.1, -0.05) is 18.5 Å². The number of hydrogen-bond donors (Lipinski definition) is 0. The van der Waals surface area contributed by atoms with Gasteiger partial charge < -0.3 is 9.47 Å². The van der Waals surface area contributed by atoms with E-state index in [0.717, 1.165) is 6.42 Å². The predicted molar refractivity (Wildman–Crippen MR) is 74.7 cm³/mol. The molecule has 0 heterocycles. The van der Waals surface area contributed by atoms with Gasteiger partial charge in [0.25, 0.3) is 0 Å². The fraction of sp³-hybridized carbons (Fsp3) is 0.500. The first-order valence-electron chi connectivity index (χ1n) is 5.76. The van der Waals surface area contributed by atoms with Gasteiger partial charge in [-0.25, -0.2) is 12.7 Å². The summed E-state index contributed by atoms with van der Waals surface area (Å²) in [4.78, 5) is 0.0483. The molecule has 5 nitrogen and oxygen atoms in total. The largest absolute Gasteiger partial charge is 0.495 e. The van der Waals surface area contributed by atoms with E-state index in [9.17, 15) is 8.42 Å². The maximum absolute atomic E-state index is 12.4. The number of ether oxygens (including phenoxy) is 2. The normalized spacial score (nSPS) is 11.7. The molecule has 0 amide bonds. The molecule has 0 saturated heterocycles. The first-order chi connectivity index (χ1) is 8.88. The molecular weight excluding hydrogens is 290 g/mol. The number of nitrogens with zero attached hydrogens (tertiary/aromatic N) is 1. The van der Waals surface area contributed by atoms with Gasteiger partial charge in [0, 0.05) is 25.7 Å². The highest BCUT2D eigenvalue weighted by molar-refractivity contribution is 7.89. The van der Waals surface area contributed by atoms with Crippen LogP contribution in [0.25, 0.3) is 0 Å². The van der Waals surface area contributed by atoms with Gasteiger partial charge in [0.1, 0.15) is 16.4 Å². The Morgan fingerprint density at radius 3 is 2.26 bits per heavy atom. The molecule has 0 aromatic heterocycles. The zero-order valence-electron chi connectivity index (χ0n) is 11.4. The van der Waals surface area contributed by atoms with Crippen molar-refractivity contribution in [2.24, 2.45) is 0 Å². The van der Waals surface area contributed by atoms with Gasteiger partial charge in [0.15, 0.2) is 0 Å². The van der Waals surface area contributed by atoms with E-state index >= 15 is 0 Å². The molecule has 0 N–H and O–H groups in total. The van der Waals surface area contributed by atoms with Gasteiger partial charge in [-0.3, -0.25) is 0 Å². The summed E-state index contributed by atoms with van der Waals surface area (Å²) in [5.41, 5.74) is 0. The Hall–Kier alpha value is -0.980. The third-order valence-corrected chi connectivity index (χ3v) is 4.84. The topological polar surface area (TPSA) is 55.8 Å². The molecule has 0 aliphatic rings. The summed E-state index contributed by atoms with van der Waals surface area (Å²) in [5, 5.41) is 0.302. The Bertz CT molecular complexity index is 545. The number of sulfonamides is 1. The third-order valence-electron chi connectivity index (χ3n) is 2.66. The van der Waals surface area contributed by atoms with Gasteiger partial charge in [0.05, 0.1) is 19.2 Å². The molecule has 0 atom stereocenters. The maximum atomic E-state index is 12.4. The fourth-order valence-corrected chi connectivity index (χ4v) is 3.28. The van der Waals surface area contributed by atoms with Crippen LogP contribution in [-0.4, -0.2) is 40.5 Å². The molecule has 0 unspecified atom stereocenters. The van der Waals surface area contributed by atoms with Gasteiger partial charge in [-0.2, -0.15) is 0 Å². The average molecular weight is 308 g/mol. The molecule has 0 aliphatic heterocycles. The highest BCUT2D eigenvalue weighted by atomic mass is 35.5. The molecule has 0 saturated carbocycles. The predicted octanol–water partition coefficient (Wildman–Crippen LogP) is 2.39. The lowest BCUT2D eigenvalue weighted by Crippen LogP contribution is -2.28.